The van der Waals surface area contributed by atoms with Gasteiger partial charge in [-0.05, 0) is 50.8 Å². The van der Waals surface area contributed by atoms with Crippen molar-refractivity contribution in [2.75, 3.05) is 7.05 Å². The van der Waals surface area contributed by atoms with Crippen LogP contribution >= 0.6 is 0 Å². The molecule has 0 spiro atoms. The first-order chi connectivity index (χ1) is 10.3. The van der Waals surface area contributed by atoms with E-state index < -0.39 is 0 Å². The lowest BCUT2D eigenvalue weighted by molar-refractivity contribution is 0.485. The van der Waals surface area contributed by atoms with Gasteiger partial charge in [0.25, 0.3) is 0 Å². The number of rotatable bonds is 3. The minimum atomic E-state index is 0.391. The van der Waals surface area contributed by atoms with Gasteiger partial charge in [-0.15, -0.1) is 0 Å². The van der Waals surface area contributed by atoms with Gasteiger partial charge < -0.3 is 9.73 Å². The summed E-state index contributed by atoms with van der Waals surface area (Å²) in [5.41, 5.74) is 2.42. The Labute approximate surface area is 125 Å². The van der Waals surface area contributed by atoms with Crippen LogP contribution in [0.1, 0.15) is 55.2 Å². The molecule has 3 unspecified atom stereocenters. The van der Waals surface area contributed by atoms with Crippen LogP contribution in [0.5, 0.6) is 0 Å². The highest BCUT2D eigenvalue weighted by Crippen LogP contribution is 2.47. The average Bonchev–Trinajstić information content (AvgIpc) is 3.05. The smallest absolute Gasteiger partial charge is 0.195 e. The summed E-state index contributed by atoms with van der Waals surface area (Å²) >= 11 is 0. The van der Waals surface area contributed by atoms with Crippen molar-refractivity contribution in [1.29, 1.82) is 0 Å². The molecule has 4 nitrogen and oxygen atoms in total. The van der Waals surface area contributed by atoms with E-state index >= 15 is 0 Å². The SMILES string of the molecule is CNC1CCCc2nc(-c3ccc(C4CC4C)o3)ncc21. The van der Waals surface area contributed by atoms with E-state index in [2.05, 4.69) is 23.3 Å². The zero-order valence-electron chi connectivity index (χ0n) is 12.6. The molecular formula is C17H21N3O. The van der Waals surface area contributed by atoms with E-state index in [1.165, 1.54) is 24.1 Å². The summed E-state index contributed by atoms with van der Waals surface area (Å²) in [5, 5.41) is 3.35. The van der Waals surface area contributed by atoms with E-state index in [0.29, 0.717) is 12.0 Å². The lowest BCUT2D eigenvalue weighted by atomic mass is 9.92. The third-order valence-corrected chi connectivity index (χ3v) is 4.85. The van der Waals surface area contributed by atoms with Gasteiger partial charge in [0.1, 0.15) is 5.76 Å². The number of hydrogen-bond acceptors (Lipinski definition) is 4. The topological polar surface area (TPSA) is 51.0 Å². The van der Waals surface area contributed by atoms with Crippen molar-refractivity contribution >= 4 is 0 Å². The molecule has 21 heavy (non-hydrogen) atoms. The summed E-state index contributed by atoms with van der Waals surface area (Å²) in [7, 11) is 2.00. The highest BCUT2D eigenvalue weighted by molar-refractivity contribution is 5.48. The summed E-state index contributed by atoms with van der Waals surface area (Å²) in [4.78, 5) is 9.28. The lowest BCUT2D eigenvalue weighted by Crippen LogP contribution is -2.22. The Hall–Kier alpha value is -1.68. The second-order valence-corrected chi connectivity index (χ2v) is 6.35. The third kappa shape index (κ3) is 2.27. The van der Waals surface area contributed by atoms with Crippen molar-refractivity contribution in [2.24, 2.45) is 5.92 Å². The third-order valence-electron chi connectivity index (χ3n) is 4.85. The van der Waals surface area contributed by atoms with Crippen molar-refractivity contribution in [3.05, 3.63) is 35.3 Å². The van der Waals surface area contributed by atoms with Gasteiger partial charge in [-0.25, -0.2) is 9.97 Å². The number of aryl methyl sites for hydroxylation is 1. The largest absolute Gasteiger partial charge is 0.457 e. The van der Waals surface area contributed by atoms with Gasteiger partial charge in [0.05, 0.1) is 0 Å². The van der Waals surface area contributed by atoms with Gasteiger partial charge in [-0.3, -0.25) is 0 Å². The Kier molecular flexibility index (Phi) is 3.07. The average molecular weight is 283 g/mol. The fourth-order valence-corrected chi connectivity index (χ4v) is 3.36. The Morgan fingerprint density at radius 3 is 2.95 bits per heavy atom. The van der Waals surface area contributed by atoms with E-state index in [-0.39, 0.29) is 0 Å². The standard InChI is InChI=1S/C17H21N3O/c1-10-8-11(10)15-6-7-16(21-15)17-19-9-12-13(18-2)4-3-5-14(12)20-17/h6-7,9-11,13,18H,3-5,8H2,1-2H3. The molecule has 110 valence electrons. The molecule has 2 aromatic rings. The number of furan rings is 1. The van der Waals surface area contributed by atoms with Crippen LogP contribution in [-0.4, -0.2) is 17.0 Å². The Morgan fingerprint density at radius 1 is 1.33 bits per heavy atom. The molecule has 2 aliphatic carbocycles. The maximum atomic E-state index is 5.97. The summed E-state index contributed by atoms with van der Waals surface area (Å²) in [6.07, 6.45) is 6.59. The van der Waals surface area contributed by atoms with E-state index in [1.807, 2.05) is 19.3 Å². The molecule has 0 radical (unpaired) electrons. The van der Waals surface area contributed by atoms with Crippen LogP contribution in [0.3, 0.4) is 0 Å². The molecule has 2 heterocycles. The fourth-order valence-electron chi connectivity index (χ4n) is 3.36. The van der Waals surface area contributed by atoms with Gasteiger partial charge in [-0.2, -0.15) is 0 Å². The van der Waals surface area contributed by atoms with Crippen LogP contribution in [0.4, 0.5) is 0 Å². The number of nitrogens with one attached hydrogen (secondary N) is 1. The molecular weight excluding hydrogens is 262 g/mol. The van der Waals surface area contributed by atoms with E-state index in [4.69, 9.17) is 9.40 Å². The van der Waals surface area contributed by atoms with E-state index in [0.717, 1.165) is 36.1 Å². The van der Waals surface area contributed by atoms with E-state index in [9.17, 15) is 0 Å². The number of hydrogen-bond donors (Lipinski definition) is 1. The van der Waals surface area contributed by atoms with Crippen LogP contribution in [0, 0.1) is 5.92 Å². The molecule has 0 saturated heterocycles. The van der Waals surface area contributed by atoms with Crippen LogP contribution in [0.2, 0.25) is 0 Å². The zero-order valence-corrected chi connectivity index (χ0v) is 12.6. The minimum absolute atomic E-state index is 0.391. The molecule has 3 atom stereocenters. The summed E-state index contributed by atoms with van der Waals surface area (Å²) in [6, 6.07) is 4.49. The van der Waals surface area contributed by atoms with Gasteiger partial charge in [0.15, 0.2) is 11.6 Å². The Balaban J connectivity index is 1.65. The normalized spacial score (nSPS) is 27.4. The number of fused-ring (bicyclic) bond motifs is 1. The van der Waals surface area contributed by atoms with Gasteiger partial charge in [-0.1, -0.05) is 6.92 Å². The molecule has 1 N–H and O–H groups in total. The maximum absolute atomic E-state index is 5.97. The predicted molar refractivity (Wildman–Crippen MR) is 81.0 cm³/mol. The summed E-state index contributed by atoms with van der Waals surface area (Å²) in [6.45, 7) is 2.26. The molecule has 0 aromatic carbocycles. The van der Waals surface area contributed by atoms with Gasteiger partial charge in [0, 0.05) is 29.4 Å². The van der Waals surface area contributed by atoms with Crippen molar-refractivity contribution < 1.29 is 4.42 Å². The Morgan fingerprint density at radius 2 is 2.19 bits per heavy atom. The summed E-state index contributed by atoms with van der Waals surface area (Å²) < 4.78 is 5.97. The van der Waals surface area contributed by atoms with Gasteiger partial charge >= 0.3 is 0 Å². The quantitative estimate of drug-likeness (QED) is 0.937. The Bertz CT molecular complexity index is 664. The van der Waals surface area contributed by atoms with Crippen molar-refractivity contribution in [3.8, 4) is 11.6 Å². The summed E-state index contributed by atoms with van der Waals surface area (Å²) in [5.74, 6) is 3.98. The first kappa shape index (κ1) is 13.0. The van der Waals surface area contributed by atoms with Crippen LogP contribution in [-0.2, 0) is 6.42 Å². The molecule has 1 fully saturated rings. The fraction of sp³-hybridized carbons (Fsp3) is 0.529. The second-order valence-electron chi connectivity index (χ2n) is 6.35. The molecule has 0 amide bonds. The highest BCUT2D eigenvalue weighted by atomic mass is 16.3. The van der Waals surface area contributed by atoms with Crippen LogP contribution < -0.4 is 5.32 Å². The molecule has 0 aliphatic heterocycles. The van der Waals surface area contributed by atoms with Crippen LogP contribution in [0.25, 0.3) is 11.6 Å². The molecule has 2 aliphatic rings. The molecule has 1 saturated carbocycles. The van der Waals surface area contributed by atoms with Gasteiger partial charge in [0.2, 0.25) is 0 Å². The predicted octanol–water partition coefficient (Wildman–Crippen LogP) is 3.46. The van der Waals surface area contributed by atoms with Crippen molar-refractivity contribution in [1.82, 2.24) is 15.3 Å². The highest BCUT2D eigenvalue weighted by Gasteiger charge is 2.36. The lowest BCUT2D eigenvalue weighted by Gasteiger charge is -2.23. The van der Waals surface area contributed by atoms with Crippen LogP contribution in [0.15, 0.2) is 22.7 Å². The van der Waals surface area contributed by atoms with E-state index in [1.54, 1.807) is 0 Å². The second kappa shape index (κ2) is 4.95. The maximum Gasteiger partial charge on any atom is 0.195 e. The zero-order chi connectivity index (χ0) is 14.4. The first-order valence-corrected chi connectivity index (χ1v) is 7.89. The van der Waals surface area contributed by atoms with Crippen molar-refractivity contribution in [2.45, 2.75) is 44.6 Å². The molecule has 0 bridgehead atoms. The van der Waals surface area contributed by atoms with Crippen molar-refractivity contribution in [3.63, 3.8) is 0 Å². The monoisotopic (exact) mass is 283 g/mol. The minimum Gasteiger partial charge on any atom is -0.457 e. The molecule has 4 heteroatoms. The number of aromatic nitrogens is 2. The first-order valence-electron chi connectivity index (χ1n) is 7.89. The number of nitrogens with zero attached hydrogens (tertiary/aromatic N) is 2. The molecule has 4 rings (SSSR count). The molecule has 2 aromatic heterocycles.